The highest BCUT2D eigenvalue weighted by atomic mass is 19.4. The molecule has 1 aliphatic heterocycles. The Morgan fingerprint density at radius 1 is 1.23 bits per heavy atom. The molecule has 0 spiro atoms. The van der Waals surface area contributed by atoms with Crippen molar-refractivity contribution in [3.63, 3.8) is 0 Å². The smallest absolute Gasteiger partial charge is 0.416 e. The number of hydrogen-bond acceptors (Lipinski definition) is 6. The molecule has 0 bridgehead atoms. The first-order valence-electron chi connectivity index (χ1n) is 9.69. The van der Waals surface area contributed by atoms with Gasteiger partial charge >= 0.3 is 6.18 Å². The standard InChI is InChI=1S/C20H23F3N6O/c1-12-9-13(20(21,22)23)10-15(30-3)16(12)18-27-26-17(19-24-6-8-29(18)19)25-14-5-4-7-28(2)11-14/h6,8-10,14H,4-5,7,11H2,1-3H3,(H,25,26)/t14-/m1/s1. The van der Waals surface area contributed by atoms with E-state index in [9.17, 15) is 13.2 Å². The van der Waals surface area contributed by atoms with Gasteiger partial charge in [-0.3, -0.25) is 4.40 Å². The number of aromatic nitrogens is 4. The Balaban J connectivity index is 1.77. The third-order valence-electron chi connectivity index (χ3n) is 5.36. The number of aryl methyl sites for hydroxylation is 1. The number of likely N-dealkylation sites (N-methyl/N-ethyl adjacent to an activating group) is 1. The van der Waals surface area contributed by atoms with Gasteiger partial charge in [-0.25, -0.2) is 4.98 Å². The first kappa shape index (κ1) is 20.4. The lowest BCUT2D eigenvalue weighted by Gasteiger charge is -2.30. The normalized spacial score (nSPS) is 18.0. The van der Waals surface area contributed by atoms with Gasteiger partial charge in [0.2, 0.25) is 0 Å². The molecule has 10 heteroatoms. The van der Waals surface area contributed by atoms with E-state index in [-0.39, 0.29) is 11.8 Å². The number of alkyl halides is 3. The Morgan fingerprint density at radius 2 is 2.03 bits per heavy atom. The van der Waals surface area contributed by atoms with E-state index in [0.29, 0.717) is 28.4 Å². The molecule has 0 amide bonds. The predicted molar refractivity (Wildman–Crippen MR) is 107 cm³/mol. The van der Waals surface area contributed by atoms with Gasteiger partial charge in [0.1, 0.15) is 5.75 Å². The van der Waals surface area contributed by atoms with Crippen LogP contribution in [0.15, 0.2) is 24.5 Å². The fraction of sp³-hybridized carbons (Fsp3) is 0.450. The molecule has 2 aromatic heterocycles. The van der Waals surface area contributed by atoms with Gasteiger partial charge < -0.3 is 15.0 Å². The first-order valence-corrected chi connectivity index (χ1v) is 9.69. The molecule has 1 aromatic carbocycles. The number of halogens is 3. The summed E-state index contributed by atoms with van der Waals surface area (Å²) < 4.78 is 46.6. The largest absolute Gasteiger partial charge is 0.496 e. The summed E-state index contributed by atoms with van der Waals surface area (Å²) in [6, 6.07) is 2.30. The third-order valence-corrected chi connectivity index (χ3v) is 5.36. The van der Waals surface area contributed by atoms with E-state index in [1.54, 1.807) is 23.7 Å². The van der Waals surface area contributed by atoms with Crippen LogP contribution in [0.5, 0.6) is 5.75 Å². The van der Waals surface area contributed by atoms with Crippen LogP contribution < -0.4 is 10.1 Å². The molecular formula is C20H23F3N6O. The van der Waals surface area contributed by atoms with Crippen molar-refractivity contribution in [2.45, 2.75) is 32.0 Å². The molecule has 1 fully saturated rings. The van der Waals surface area contributed by atoms with Gasteiger partial charge in [-0.1, -0.05) is 0 Å². The summed E-state index contributed by atoms with van der Waals surface area (Å²) in [6.45, 7) is 3.55. The highest BCUT2D eigenvalue weighted by Crippen LogP contribution is 2.39. The van der Waals surface area contributed by atoms with Gasteiger partial charge in [-0.2, -0.15) is 13.2 Å². The molecule has 1 N–H and O–H groups in total. The highest BCUT2D eigenvalue weighted by Gasteiger charge is 2.33. The second-order valence-corrected chi connectivity index (χ2v) is 7.61. The minimum Gasteiger partial charge on any atom is -0.496 e. The van der Waals surface area contributed by atoms with E-state index in [0.717, 1.165) is 38.1 Å². The van der Waals surface area contributed by atoms with Crippen molar-refractivity contribution in [3.8, 4) is 17.1 Å². The minimum absolute atomic E-state index is 0.0845. The molecule has 3 heterocycles. The van der Waals surface area contributed by atoms with Crippen molar-refractivity contribution >= 4 is 11.5 Å². The molecule has 7 nitrogen and oxygen atoms in total. The Labute approximate surface area is 171 Å². The summed E-state index contributed by atoms with van der Waals surface area (Å²) in [4.78, 5) is 6.65. The first-order chi connectivity index (χ1) is 14.3. The van der Waals surface area contributed by atoms with Crippen molar-refractivity contribution < 1.29 is 17.9 Å². The van der Waals surface area contributed by atoms with Gasteiger partial charge in [0.25, 0.3) is 0 Å². The zero-order valence-corrected chi connectivity index (χ0v) is 17.0. The second kappa shape index (κ2) is 7.75. The van der Waals surface area contributed by atoms with Gasteiger partial charge in [-0.15, -0.1) is 10.2 Å². The molecule has 160 valence electrons. The SMILES string of the molecule is COc1cc(C(F)(F)F)cc(C)c1-c1nnc(N[C@@H]2CCCN(C)C2)c2nccn12. The molecule has 1 aliphatic rings. The number of imidazole rings is 1. The number of nitrogens with zero attached hydrogens (tertiary/aromatic N) is 5. The topological polar surface area (TPSA) is 67.6 Å². The Morgan fingerprint density at radius 3 is 2.73 bits per heavy atom. The fourth-order valence-electron chi connectivity index (χ4n) is 3.95. The maximum absolute atomic E-state index is 13.2. The summed E-state index contributed by atoms with van der Waals surface area (Å²) in [5.41, 5.74) is 0.634. The van der Waals surface area contributed by atoms with E-state index < -0.39 is 11.7 Å². The number of methoxy groups -OCH3 is 1. The van der Waals surface area contributed by atoms with Crippen LogP contribution in [0, 0.1) is 6.92 Å². The predicted octanol–water partition coefficient (Wildman–Crippen LogP) is 3.63. The number of likely N-dealkylation sites (tertiary alicyclic amines) is 1. The van der Waals surface area contributed by atoms with E-state index in [1.807, 2.05) is 0 Å². The maximum atomic E-state index is 13.2. The molecular weight excluding hydrogens is 397 g/mol. The van der Waals surface area contributed by atoms with E-state index >= 15 is 0 Å². The van der Waals surface area contributed by atoms with Crippen molar-refractivity contribution in [2.75, 3.05) is 32.6 Å². The van der Waals surface area contributed by atoms with Crippen molar-refractivity contribution in [3.05, 3.63) is 35.7 Å². The quantitative estimate of drug-likeness (QED) is 0.695. The van der Waals surface area contributed by atoms with Crippen LogP contribution in [0.1, 0.15) is 24.0 Å². The number of benzene rings is 1. The average Bonchev–Trinajstić information content (AvgIpc) is 3.18. The third kappa shape index (κ3) is 3.79. The fourth-order valence-corrected chi connectivity index (χ4v) is 3.95. The van der Waals surface area contributed by atoms with Crippen LogP contribution in [-0.4, -0.2) is 57.8 Å². The van der Waals surface area contributed by atoms with E-state index in [2.05, 4.69) is 32.4 Å². The highest BCUT2D eigenvalue weighted by molar-refractivity contribution is 5.74. The number of anilines is 1. The summed E-state index contributed by atoms with van der Waals surface area (Å²) in [6.07, 6.45) is 0.979. The number of nitrogens with one attached hydrogen (secondary N) is 1. The van der Waals surface area contributed by atoms with Crippen molar-refractivity contribution in [1.29, 1.82) is 0 Å². The van der Waals surface area contributed by atoms with Crippen molar-refractivity contribution in [1.82, 2.24) is 24.5 Å². The summed E-state index contributed by atoms with van der Waals surface area (Å²) >= 11 is 0. The van der Waals surface area contributed by atoms with Crippen LogP contribution in [0.25, 0.3) is 17.0 Å². The maximum Gasteiger partial charge on any atom is 0.416 e. The molecule has 30 heavy (non-hydrogen) atoms. The molecule has 1 saturated heterocycles. The zero-order valence-electron chi connectivity index (χ0n) is 17.0. The summed E-state index contributed by atoms with van der Waals surface area (Å²) in [5.74, 6) is 1.01. The molecule has 3 aromatic rings. The Kier molecular flexibility index (Phi) is 5.27. The van der Waals surface area contributed by atoms with Gasteiger partial charge in [0, 0.05) is 25.0 Å². The lowest BCUT2D eigenvalue weighted by Crippen LogP contribution is -2.40. The van der Waals surface area contributed by atoms with E-state index in [4.69, 9.17) is 4.74 Å². The van der Waals surface area contributed by atoms with Gasteiger partial charge in [-0.05, 0) is 51.1 Å². The second-order valence-electron chi connectivity index (χ2n) is 7.61. The Hall–Kier alpha value is -2.88. The number of rotatable bonds is 4. The zero-order chi connectivity index (χ0) is 21.5. The van der Waals surface area contributed by atoms with Gasteiger partial charge in [0.15, 0.2) is 17.3 Å². The molecule has 0 unspecified atom stereocenters. The molecule has 0 radical (unpaired) electrons. The van der Waals surface area contributed by atoms with Crippen LogP contribution >= 0.6 is 0 Å². The minimum atomic E-state index is -4.46. The number of ether oxygens (including phenoxy) is 1. The van der Waals surface area contributed by atoms with Crippen LogP contribution in [0.4, 0.5) is 19.0 Å². The number of fused-ring (bicyclic) bond motifs is 1. The number of piperidine rings is 1. The van der Waals surface area contributed by atoms with Gasteiger partial charge in [0.05, 0.1) is 18.2 Å². The molecule has 0 aliphatic carbocycles. The number of hydrogen-bond donors (Lipinski definition) is 1. The summed E-state index contributed by atoms with van der Waals surface area (Å²) in [7, 11) is 3.42. The molecule has 1 atom stereocenters. The lowest BCUT2D eigenvalue weighted by atomic mass is 10.0. The van der Waals surface area contributed by atoms with Crippen LogP contribution in [0.2, 0.25) is 0 Å². The molecule has 0 saturated carbocycles. The molecule has 4 rings (SSSR count). The lowest BCUT2D eigenvalue weighted by molar-refractivity contribution is -0.137. The summed E-state index contributed by atoms with van der Waals surface area (Å²) in [5, 5.41) is 12.1. The van der Waals surface area contributed by atoms with Crippen molar-refractivity contribution in [2.24, 2.45) is 0 Å². The van der Waals surface area contributed by atoms with Crippen LogP contribution in [0.3, 0.4) is 0 Å². The van der Waals surface area contributed by atoms with E-state index in [1.165, 1.54) is 7.11 Å². The monoisotopic (exact) mass is 420 g/mol. The average molecular weight is 420 g/mol. The van der Waals surface area contributed by atoms with Crippen LogP contribution in [-0.2, 0) is 6.18 Å². The Bertz CT molecular complexity index is 1060.